The van der Waals surface area contributed by atoms with Gasteiger partial charge in [0.1, 0.15) is 5.82 Å². The van der Waals surface area contributed by atoms with Crippen molar-refractivity contribution in [2.24, 2.45) is 0 Å². The van der Waals surface area contributed by atoms with Crippen molar-refractivity contribution >= 4 is 17.5 Å². The highest BCUT2D eigenvalue weighted by Crippen LogP contribution is 2.14. The fourth-order valence-electron chi connectivity index (χ4n) is 1.14. The minimum absolute atomic E-state index is 0.416. The van der Waals surface area contributed by atoms with Gasteiger partial charge in [-0.15, -0.1) is 0 Å². The first kappa shape index (κ1) is 10.2. The molecule has 0 aliphatic carbocycles. The van der Waals surface area contributed by atoms with Crippen molar-refractivity contribution in [2.75, 3.05) is 18.2 Å². The summed E-state index contributed by atoms with van der Waals surface area (Å²) >= 11 is 0. The molecule has 6 nitrogen and oxygen atoms in total. The van der Waals surface area contributed by atoms with Crippen LogP contribution in [0.2, 0.25) is 0 Å². The van der Waals surface area contributed by atoms with E-state index >= 15 is 0 Å². The largest absolute Gasteiger partial charge is 0.481 e. The molecule has 0 aliphatic heterocycles. The van der Waals surface area contributed by atoms with E-state index in [2.05, 4.69) is 20.3 Å². The summed E-state index contributed by atoms with van der Waals surface area (Å²) in [4.78, 5) is 12.1. The van der Waals surface area contributed by atoms with E-state index in [0.29, 0.717) is 17.6 Å². The van der Waals surface area contributed by atoms with E-state index in [0.717, 1.165) is 5.69 Å². The molecule has 0 amide bonds. The molecule has 2 heterocycles. The van der Waals surface area contributed by atoms with Gasteiger partial charge in [0.25, 0.3) is 0 Å². The SMILES string of the molecule is COc1ccc(Nc2nccc(N)n2)cn1. The first-order chi connectivity index (χ1) is 7.78. The van der Waals surface area contributed by atoms with E-state index in [1.54, 1.807) is 31.6 Å². The number of rotatable bonds is 3. The summed E-state index contributed by atoms with van der Waals surface area (Å²) in [7, 11) is 1.57. The van der Waals surface area contributed by atoms with Gasteiger partial charge in [0.15, 0.2) is 0 Å². The molecule has 0 aromatic carbocycles. The highest BCUT2D eigenvalue weighted by atomic mass is 16.5. The Balaban J connectivity index is 2.14. The quantitative estimate of drug-likeness (QED) is 0.803. The van der Waals surface area contributed by atoms with Crippen LogP contribution < -0.4 is 15.8 Å². The minimum Gasteiger partial charge on any atom is -0.481 e. The van der Waals surface area contributed by atoms with Crippen molar-refractivity contribution in [3.05, 3.63) is 30.6 Å². The zero-order valence-corrected chi connectivity index (χ0v) is 8.71. The molecule has 2 aromatic heterocycles. The first-order valence-electron chi connectivity index (χ1n) is 4.63. The number of nitrogens with zero attached hydrogens (tertiary/aromatic N) is 3. The number of hydrogen-bond donors (Lipinski definition) is 2. The molecule has 6 heteroatoms. The molecule has 2 aromatic rings. The number of nitrogens with one attached hydrogen (secondary N) is 1. The zero-order chi connectivity index (χ0) is 11.4. The molecule has 0 saturated heterocycles. The second-order valence-electron chi connectivity index (χ2n) is 3.02. The molecule has 2 rings (SSSR count). The van der Waals surface area contributed by atoms with Gasteiger partial charge in [-0.3, -0.25) is 0 Å². The van der Waals surface area contributed by atoms with Gasteiger partial charge >= 0.3 is 0 Å². The number of anilines is 3. The van der Waals surface area contributed by atoms with Crippen LogP contribution in [0.3, 0.4) is 0 Å². The van der Waals surface area contributed by atoms with Gasteiger partial charge in [-0.1, -0.05) is 0 Å². The van der Waals surface area contributed by atoms with Crippen LogP contribution in [-0.2, 0) is 0 Å². The average Bonchev–Trinajstić information content (AvgIpc) is 2.30. The predicted octanol–water partition coefficient (Wildman–Crippen LogP) is 1.21. The fraction of sp³-hybridized carbons (Fsp3) is 0.100. The summed E-state index contributed by atoms with van der Waals surface area (Å²) in [5, 5.41) is 2.98. The van der Waals surface area contributed by atoms with Crippen LogP contribution in [0.1, 0.15) is 0 Å². The lowest BCUT2D eigenvalue weighted by molar-refractivity contribution is 0.398. The summed E-state index contributed by atoms with van der Waals surface area (Å²) in [5.41, 5.74) is 6.30. The van der Waals surface area contributed by atoms with Crippen LogP contribution in [-0.4, -0.2) is 22.1 Å². The topological polar surface area (TPSA) is 86.0 Å². The van der Waals surface area contributed by atoms with Gasteiger partial charge in [0.05, 0.1) is 19.0 Å². The summed E-state index contributed by atoms with van der Waals surface area (Å²) in [6.07, 6.45) is 3.22. The maximum Gasteiger partial charge on any atom is 0.229 e. The van der Waals surface area contributed by atoms with E-state index in [1.165, 1.54) is 0 Å². The van der Waals surface area contributed by atoms with E-state index in [9.17, 15) is 0 Å². The lowest BCUT2D eigenvalue weighted by atomic mass is 10.4. The standard InChI is InChI=1S/C10H11N5O/c1-16-9-3-2-7(6-13-9)14-10-12-5-4-8(11)15-10/h2-6H,1H3,(H3,11,12,14,15). The second kappa shape index (κ2) is 4.43. The van der Waals surface area contributed by atoms with Crippen molar-refractivity contribution in [3.63, 3.8) is 0 Å². The third-order valence-corrected chi connectivity index (χ3v) is 1.88. The maximum atomic E-state index is 5.53. The molecule has 0 unspecified atom stereocenters. The Morgan fingerprint density at radius 2 is 2.12 bits per heavy atom. The second-order valence-corrected chi connectivity index (χ2v) is 3.02. The molecular formula is C10H11N5O. The lowest BCUT2D eigenvalue weighted by Crippen LogP contribution is -1.99. The molecule has 0 radical (unpaired) electrons. The van der Waals surface area contributed by atoms with Crippen LogP contribution in [0.4, 0.5) is 17.5 Å². The van der Waals surface area contributed by atoms with Crippen LogP contribution >= 0.6 is 0 Å². The summed E-state index contributed by atoms with van der Waals surface area (Å²) in [5.74, 6) is 1.41. The van der Waals surface area contributed by atoms with Crippen LogP contribution in [0.25, 0.3) is 0 Å². The van der Waals surface area contributed by atoms with Crippen molar-refractivity contribution in [1.29, 1.82) is 0 Å². The third-order valence-electron chi connectivity index (χ3n) is 1.88. The number of methoxy groups -OCH3 is 1. The van der Waals surface area contributed by atoms with Gasteiger partial charge < -0.3 is 15.8 Å². The number of ether oxygens (including phenoxy) is 1. The molecule has 3 N–H and O–H groups in total. The minimum atomic E-state index is 0.416. The Morgan fingerprint density at radius 1 is 1.25 bits per heavy atom. The van der Waals surface area contributed by atoms with Crippen molar-refractivity contribution in [2.45, 2.75) is 0 Å². The Hall–Kier alpha value is -2.37. The Bertz CT molecular complexity index is 471. The smallest absolute Gasteiger partial charge is 0.229 e. The Kier molecular flexibility index (Phi) is 2.81. The zero-order valence-electron chi connectivity index (χ0n) is 8.71. The molecule has 16 heavy (non-hydrogen) atoms. The fourth-order valence-corrected chi connectivity index (χ4v) is 1.14. The molecule has 0 fully saturated rings. The van der Waals surface area contributed by atoms with Crippen molar-refractivity contribution < 1.29 is 4.74 Å². The van der Waals surface area contributed by atoms with Gasteiger partial charge in [0.2, 0.25) is 11.8 Å². The van der Waals surface area contributed by atoms with E-state index < -0.39 is 0 Å². The Morgan fingerprint density at radius 3 is 2.75 bits per heavy atom. The number of hydrogen-bond acceptors (Lipinski definition) is 6. The lowest BCUT2D eigenvalue weighted by Gasteiger charge is -2.04. The highest BCUT2D eigenvalue weighted by Gasteiger charge is 1.99. The monoisotopic (exact) mass is 217 g/mol. The molecule has 0 spiro atoms. The molecule has 0 saturated carbocycles. The van der Waals surface area contributed by atoms with E-state index in [-0.39, 0.29) is 0 Å². The predicted molar refractivity (Wildman–Crippen MR) is 60.5 cm³/mol. The molecular weight excluding hydrogens is 206 g/mol. The van der Waals surface area contributed by atoms with Crippen molar-refractivity contribution in [3.8, 4) is 5.88 Å². The van der Waals surface area contributed by atoms with E-state index in [1.807, 2.05) is 6.07 Å². The number of aromatic nitrogens is 3. The summed E-state index contributed by atoms with van der Waals surface area (Å²) in [6, 6.07) is 5.18. The highest BCUT2D eigenvalue weighted by molar-refractivity contribution is 5.53. The number of nitrogens with two attached hydrogens (primary N) is 1. The third kappa shape index (κ3) is 2.35. The van der Waals surface area contributed by atoms with E-state index in [4.69, 9.17) is 10.5 Å². The van der Waals surface area contributed by atoms with Crippen LogP contribution in [0, 0.1) is 0 Å². The number of pyridine rings is 1. The van der Waals surface area contributed by atoms with Crippen LogP contribution in [0.5, 0.6) is 5.88 Å². The average molecular weight is 217 g/mol. The van der Waals surface area contributed by atoms with Gasteiger partial charge in [-0.05, 0) is 12.1 Å². The van der Waals surface area contributed by atoms with Gasteiger partial charge in [-0.2, -0.15) is 4.98 Å². The first-order valence-corrected chi connectivity index (χ1v) is 4.63. The molecule has 0 atom stereocenters. The maximum absolute atomic E-state index is 5.53. The number of nitrogen functional groups attached to an aromatic ring is 1. The Labute approximate surface area is 92.5 Å². The molecule has 0 aliphatic rings. The van der Waals surface area contributed by atoms with Crippen molar-refractivity contribution in [1.82, 2.24) is 15.0 Å². The molecule has 82 valence electrons. The summed E-state index contributed by atoms with van der Waals surface area (Å²) < 4.78 is 4.95. The van der Waals surface area contributed by atoms with Gasteiger partial charge in [-0.25, -0.2) is 9.97 Å². The normalized spacial score (nSPS) is 9.81. The van der Waals surface area contributed by atoms with Gasteiger partial charge in [0, 0.05) is 12.3 Å². The molecule has 0 bridgehead atoms. The summed E-state index contributed by atoms with van der Waals surface area (Å²) in [6.45, 7) is 0. The van der Waals surface area contributed by atoms with Crippen LogP contribution in [0.15, 0.2) is 30.6 Å².